The molecule has 1 N–H and O–H groups in total. The SMILES string of the molecule is OCC(CF)COc1ccc2nc(C=Cc3cnc(N4CCCC4)s3)oc2c1. The topological polar surface area (TPSA) is 71.6 Å². The number of anilines is 1. The third-order valence-electron chi connectivity index (χ3n) is 4.62. The Bertz CT molecular complexity index is 945. The van der Waals surface area contributed by atoms with Crippen molar-refractivity contribution in [1.29, 1.82) is 0 Å². The number of aromatic nitrogens is 2. The molecule has 148 valence electrons. The van der Waals surface area contributed by atoms with Crippen LogP contribution in [0.2, 0.25) is 0 Å². The second kappa shape index (κ2) is 8.70. The molecule has 0 spiro atoms. The number of oxazole rings is 1. The Labute approximate surface area is 166 Å². The standard InChI is InChI=1S/C20H22FN3O3S/c21-10-14(12-25)13-26-15-3-5-17-18(9-15)27-19(23-17)6-4-16-11-22-20(28-16)24-7-1-2-8-24/h3-6,9,11,14,25H,1-2,7-8,10,12-13H2. The molecule has 3 aromatic rings. The lowest BCUT2D eigenvalue weighted by atomic mass is 10.2. The molecule has 0 radical (unpaired) electrons. The van der Waals surface area contributed by atoms with Crippen molar-refractivity contribution < 1.29 is 18.7 Å². The highest BCUT2D eigenvalue weighted by Gasteiger charge is 2.15. The summed E-state index contributed by atoms with van der Waals surface area (Å²) in [6.45, 7) is 1.41. The Morgan fingerprint density at radius 2 is 2.18 bits per heavy atom. The minimum absolute atomic E-state index is 0.115. The van der Waals surface area contributed by atoms with Gasteiger partial charge in [0.25, 0.3) is 0 Å². The second-order valence-electron chi connectivity index (χ2n) is 6.77. The van der Waals surface area contributed by atoms with E-state index in [1.807, 2.05) is 18.3 Å². The predicted molar refractivity (Wildman–Crippen MR) is 109 cm³/mol. The first-order valence-electron chi connectivity index (χ1n) is 9.34. The van der Waals surface area contributed by atoms with Crippen LogP contribution < -0.4 is 9.64 Å². The first kappa shape index (κ1) is 18.9. The molecule has 3 heterocycles. The second-order valence-corrected chi connectivity index (χ2v) is 7.81. The van der Waals surface area contributed by atoms with E-state index in [4.69, 9.17) is 14.3 Å². The van der Waals surface area contributed by atoms with Crippen molar-refractivity contribution in [2.24, 2.45) is 5.92 Å². The number of halogens is 1. The Hall–Kier alpha value is -2.45. The number of hydrogen-bond donors (Lipinski definition) is 1. The summed E-state index contributed by atoms with van der Waals surface area (Å²) in [4.78, 5) is 12.3. The van der Waals surface area contributed by atoms with Gasteiger partial charge in [0.05, 0.1) is 19.9 Å². The maximum absolute atomic E-state index is 12.6. The number of hydrogen-bond acceptors (Lipinski definition) is 7. The summed E-state index contributed by atoms with van der Waals surface area (Å²) < 4.78 is 23.9. The lowest BCUT2D eigenvalue weighted by molar-refractivity contribution is 0.140. The van der Waals surface area contributed by atoms with Crippen molar-refractivity contribution in [3.05, 3.63) is 35.2 Å². The normalized spacial score (nSPS) is 15.7. The molecule has 28 heavy (non-hydrogen) atoms. The molecule has 1 unspecified atom stereocenters. The van der Waals surface area contributed by atoms with Gasteiger partial charge in [-0.1, -0.05) is 11.3 Å². The summed E-state index contributed by atoms with van der Waals surface area (Å²) in [5.74, 6) is 0.540. The highest BCUT2D eigenvalue weighted by Crippen LogP contribution is 2.28. The summed E-state index contributed by atoms with van der Waals surface area (Å²) in [5, 5.41) is 10.1. The Kier molecular flexibility index (Phi) is 5.87. The molecule has 8 heteroatoms. The fourth-order valence-electron chi connectivity index (χ4n) is 3.01. The number of ether oxygens (including phenoxy) is 1. The number of aliphatic hydroxyl groups excluding tert-OH is 1. The quantitative estimate of drug-likeness (QED) is 0.613. The summed E-state index contributed by atoms with van der Waals surface area (Å²) in [6, 6.07) is 5.29. The van der Waals surface area contributed by atoms with Crippen molar-refractivity contribution in [3.63, 3.8) is 0 Å². The van der Waals surface area contributed by atoms with Gasteiger partial charge in [-0.2, -0.15) is 0 Å². The van der Waals surface area contributed by atoms with Crippen LogP contribution in [0.25, 0.3) is 23.3 Å². The number of benzene rings is 1. The van der Waals surface area contributed by atoms with Crippen molar-refractivity contribution in [1.82, 2.24) is 9.97 Å². The molecule has 1 fully saturated rings. The average Bonchev–Trinajstić information content (AvgIpc) is 3.46. The molecule has 1 aliphatic heterocycles. The van der Waals surface area contributed by atoms with E-state index >= 15 is 0 Å². The van der Waals surface area contributed by atoms with E-state index in [1.165, 1.54) is 12.8 Å². The van der Waals surface area contributed by atoms with E-state index in [0.29, 0.717) is 17.2 Å². The zero-order valence-electron chi connectivity index (χ0n) is 15.4. The van der Waals surface area contributed by atoms with Crippen molar-refractivity contribution >= 4 is 39.7 Å². The average molecular weight is 403 g/mol. The van der Waals surface area contributed by atoms with Gasteiger partial charge in [0.15, 0.2) is 10.7 Å². The maximum Gasteiger partial charge on any atom is 0.220 e. The monoisotopic (exact) mass is 403 g/mol. The lowest BCUT2D eigenvalue weighted by Crippen LogP contribution is -2.17. The van der Waals surface area contributed by atoms with Gasteiger partial charge in [-0.15, -0.1) is 0 Å². The van der Waals surface area contributed by atoms with Gasteiger partial charge in [-0.05, 0) is 31.1 Å². The number of rotatable bonds is 8. The largest absolute Gasteiger partial charge is 0.493 e. The third kappa shape index (κ3) is 4.34. The van der Waals surface area contributed by atoms with Crippen LogP contribution in [0, 0.1) is 5.92 Å². The Balaban J connectivity index is 1.43. The van der Waals surface area contributed by atoms with Crippen LogP contribution in [0.4, 0.5) is 9.52 Å². The molecule has 1 aliphatic rings. The molecule has 6 nitrogen and oxygen atoms in total. The van der Waals surface area contributed by atoms with Crippen LogP contribution in [-0.2, 0) is 0 Å². The molecule has 1 aromatic carbocycles. The van der Waals surface area contributed by atoms with Crippen LogP contribution in [0.3, 0.4) is 0 Å². The highest BCUT2D eigenvalue weighted by atomic mass is 32.1. The van der Waals surface area contributed by atoms with E-state index in [2.05, 4.69) is 14.9 Å². The van der Waals surface area contributed by atoms with Crippen LogP contribution >= 0.6 is 11.3 Å². The van der Waals surface area contributed by atoms with Gasteiger partial charge < -0.3 is 19.2 Å². The van der Waals surface area contributed by atoms with Gasteiger partial charge >= 0.3 is 0 Å². The van der Waals surface area contributed by atoms with Gasteiger partial charge in [-0.25, -0.2) is 9.97 Å². The van der Waals surface area contributed by atoms with E-state index < -0.39 is 12.6 Å². The predicted octanol–water partition coefficient (Wildman–Crippen LogP) is 4.01. The minimum atomic E-state index is -0.618. The van der Waals surface area contributed by atoms with E-state index in [9.17, 15) is 4.39 Å². The first-order chi connectivity index (χ1) is 13.7. The number of aliphatic hydroxyl groups is 1. The molecule has 1 saturated heterocycles. The van der Waals surface area contributed by atoms with Gasteiger partial charge in [0, 0.05) is 42.2 Å². The van der Waals surface area contributed by atoms with Crippen LogP contribution in [-0.4, -0.2) is 48.1 Å². The van der Waals surface area contributed by atoms with Crippen molar-refractivity contribution in [2.75, 3.05) is 37.9 Å². The molecule has 0 saturated carbocycles. The smallest absolute Gasteiger partial charge is 0.220 e. The van der Waals surface area contributed by atoms with Crippen LogP contribution in [0.1, 0.15) is 23.6 Å². The number of nitrogens with zero attached hydrogens (tertiary/aromatic N) is 3. The molecule has 0 bridgehead atoms. The summed E-state index contributed by atoms with van der Waals surface area (Å²) in [7, 11) is 0. The molecule has 1 atom stereocenters. The van der Waals surface area contributed by atoms with Crippen molar-refractivity contribution in [2.45, 2.75) is 12.8 Å². The number of thiazole rings is 1. The zero-order chi connectivity index (χ0) is 19.3. The summed E-state index contributed by atoms with van der Waals surface area (Å²) >= 11 is 1.66. The molecule has 2 aromatic heterocycles. The van der Waals surface area contributed by atoms with Crippen LogP contribution in [0.5, 0.6) is 5.75 Å². The Morgan fingerprint density at radius 1 is 1.32 bits per heavy atom. The minimum Gasteiger partial charge on any atom is -0.493 e. The van der Waals surface area contributed by atoms with Gasteiger partial charge in [0.1, 0.15) is 11.3 Å². The number of fused-ring (bicyclic) bond motifs is 1. The molecule has 0 aliphatic carbocycles. The van der Waals surface area contributed by atoms with Gasteiger partial charge in [-0.3, -0.25) is 4.39 Å². The van der Waals surface area contributed by atoms with E-state index in [1.54, 1.807) is 29.5 Å². The van der Waals surface area contributed by atoms with Crippen molar-refractivity contribution in [3.8, 4) is 5.75 Å². The first-order valence-corrected chi connectivity index (χ1v) is 10.2. The van der Waals surface area contributed by atoms with Gasteiger partial charge in [0.2, 0.25) is 5.89 Å². The van der Waals surface area contributed by atoms with Crippen LogP contribution in [0.15, 0.2) is 28.8 Å². The summed E-state index contributed by atoms with van der Waals surface area (Å²) in [5.41, 5.74) is 1.32. The lowest BCUT2D eigenvalue weighted by Gasteiger charge is -2.11. The van der Waals surface area contributed by atoms with E-state index in [0.717, 1.165) is 28.6 Å². The third-order valence-corrected chi connectivity index (χ3v) is 5.64. The maximum atomic E-state index is 12.6. The number of alkyl halides is 1. The Morgan fingerprint density at radius 3 is 2.96 bits per heavy atom. The highest BCUT2D eigenvalue weighted by molar-refractivity contribution is 7.16. The zero-order valence-corrected chi connectivity index (χ0v) is 16.2. The molecule has 0 amide bonds. The molecular weight excluding hydrogens is 381 g/mol. The fraction of sp³-hybridized carbons (Fsp3) is 0.400. The van der Waals surface area contributed by atoms with E-state index in [-0.39, 0.29) is 13.2 Å². The fourth-order valence-corrected chi connectivity index (χ4v) is 3.88. The summed E-state index contributed by atoms with van der Waals surface area (Å²) in [6.07, 6.45) is 8.10. The molecular formula is C20H22FN3O3S. The molecule has 4 rings (SSSR count).